The zero-order valence-electron chi connectivity index (χ0n) is 13.7. The SMILES string of the molecule is O=C(Nc1nc2c(s1)CCC2)c1ccc(OCc2ccccc2)cc1. The molecule has 0 unspecified atom stereocenters. The highest BCUT2D eigenvalue weighted by atomic mass is 32.1. The summed E-state index contributed by atoms with van der Waals surface area (Å²) in [5, 5.41) is 3.59. The summed E-state index contributed by atoms with van der Waals surface area (Å²) in [5.74, 6) is 0.607. The molecule has 4 nitrogen and oxygen atoms in total. The molecule has 1 aliphatic carbocycles. The Balaban J connectivity index is 1.36. The van der Waals surface area contributed by atoms with Gasteiger partial charge in [0.1, 0.15) is 12.4 Å². The first-order valence-corrected chi connectivity index (χ1v) is 9.16. The Morgan fingerprint density at radius 1 is 1.08 bits per heavy atom. The maximum Gasteiger partial charge on any atom is 0.257 e. The van der Waals surface area contributed by atoms with Crippen LogP contribution in [0.25, 0.3) is 0 Å². The lowest BCUT2D eigenvalue weighted by Gasteiger charge is -2.07. The van der Waals surface area contributed by atoms with E-state index in [0.29, 0.717) is 17.3 Å². The fraction of sp³-hybridized carbons (Fsp3) is 0.200. The highest BCUT2D eigenvalue weighted by Gasteiger charge is 2.18. The minimum absolute atomic E-state index is 0.137. The number of hydrogen-bond acceptors (Lipinski definition) is 4. The average molecular weight is 350 g/mol. The molecule has 0 saturated heterocycles. The molecule has 0 bridgehead atoms. The molecule has 126 valence electrons. The van der Waals surface area contributed by atoms with Crippen molar-refractivity contribution in [3.8, 4) is 5.75 Å². The summed E-state index contributed by atoms with van der Waals surface area (Å²) in [6.45, 7) is 0.511. The summed E-state index contributed by atoms with van der Waals surface area (Å²) < 4.78 is 5.74. The number of anilines is 1. The van der Waals surface area contributed by atoms with Crippen molar-refractivity contribution < 1.29 is 9.53 Å². The Labute approximate surface area is 150 Å². The van der Waals surface area contributed by atoms with Crippen molar-refractivity contribution in [3.05, 3.63) is 76.3 Å². The van der Waals surface area contributed by atoms with Crippen molar-refractivity contribution in [1.29, 1.82) is 0 Å². The van der Waals surface area contributed by atoms with E-state index in [1.165, 1.54) is 11.3 Å². The smallest absolute Gasteiger partial charge is 0.257 e. The van der Waals surface area contributed by atoms with Crippen LogP contribution in [0.4, 0.5) is 5.13 Å². The van der Waals surface area contributed by atoms with E-state index in [-0.39, 0.29) is 5.91 Å². The summed E-state index contributed by atoms with van der Waals surface area (Å²) in [7, 11) is 0. The Morgan fingerprint density at radius 3 is 2.64 bits per heavy atom. The molecular formula is C20H18N2O2S. The second kappa shape index (κ2) is 7.07. The zero-order valence-corrected chi connectivity index (χ0v) is 14.5. The van der Waals surface area contributed by atoms with Crippen molar-refractivity contribution in [2.75, 3.05) is 5.32 Å². The van der Waals surface area contributed by atoms with E-state index in [0.717, 1.165) is 29.8 Å². The molecule has 0 aliphatic heterocycles. The molecule has 1 N–H and O–H groups in total. The number of nitrogens with zero attached hydrogens (tertiary/aromatic N) is 1. The molecule has 5 heteroatoms. The van der Waals surface area contributed by atoms with Gasteiger partial charge in [-0.15, -0.1) is 11.3 Å². The normalized spacial score (nSPS) is 12.6. The van der Waals surface area contributed by atoms with Gasteiger partial charge in [-0.2, -0.15) is 0 Å². The summed E-state index contributed by atoms with van der Waals surface area (Å²) in [5.41, 5.74) is 2.86. The van der Waals surface area contributed by atoms with Crippen LogP contribution in [0.2, 0.25) is 0 Å². The molecule has 1 aliphatic rings. The van der Waals surface area contributed by atoms with Gasteiger partial charge in [0.2, 0.25) is 0 Å². The fourth-order valence-corrected chi connectivity index (χ4v) is 3.90. The Morgan fingerprint density at radius 2 is 1.88 bits per heavy atom. The average Bonchev–Trinajstić information content (AvgIpc) is 3.23. The van der Waals surface area contributed by atoms with E-state index >= 15 is 0 Å². The van der Waals surface area contributed by atoms with E-state index in [1.54, 1.807) is 23.5 Å². The highest BCUT2D eigenvalue weighted by molar-refractivity contribution is 7.16. The van der Waals surface area contributed by atoms with Crippen molar-refractivity contribution in [2.24, 2.45) is 0 Å². The number of nitrogens with one attached hydrogen (secondary N) is 1. The summed E-state index contributed by atoms with van der Waals surface area (Å²) in [6.07, 6.45) is 3.28. The lowest BCUT2D eigenvalue weighted by atomic mass is 10.2. The van der Waals surface area contributed by atoms with Crippen molar-refractivity contribution in [2.45, 2.75) is 25.9 Å². The van der Waals surface area contributed by atoms with Crippen LogP contribution >= 0.6 is 11.3 Å². The summed E-state index contributed by atoms with van der Waals surface area (Å²) in [6, 6.07) is 17.2. The number of thiazole rings is 1. The number of carbonyl (C=O) groups is 1. The Hall–Kier alpha value is -2.66. The number of aryl methyl sites for hydroxylation is 2. The lowest BCUT2D eigenvalue weighted by molar-refractivity contribution is 0.102. The van der Waals surface area contributed by atoms with Gasteiger partial charge in [0, 0.05) is 10.4 Å². The second-order valence-corrected chi connectivity index (χ2v) is 7.08. The van der Waals surface area contributed by atoms with E-state index < -0.39 is 0 Å². The van der Waals surface area contributed by atoms with E-state index in [1.807, 2.05) is 42.5 Å². The quantitative estimate of drug-likeness (QED) is 0.739. The minimum Gasteiger partial charge on any atom is -0.489 e. The molecule has 1 heterocycles. The maximum absolute atomic E-state index is 12.3. The first kappa shape index (κ1) is 15.8. The first-order chi connectivity index (χ1) is 12.3. The van der Waals surface area contributed by atoms with Crippen LogP contribution in [0.1, 0.15) is 32.9 Å². The largest absolute Gasteiger partial charge is 0.489 e. The van der Waals surface area contributed by atoms with Crippen LogP contribution in [0, 0.1) is 0 Å². The lowest BCUT2D eigenvalue weighted by Crippen LogP contribution is -2.11. The number of amides is 1. The maximum atomic E-state index is 12.3. The number of ether oxygens (including phenoxy) is 1. The number of benzene rings is 2. The molecule has 1 aromatic heterocycles. The third-order valence-electron chi connectivity index (χ3n) is 4.18. The summed E-state index contributed by atoms with van der Waals surface area (Å²) >= 11 is 1.59. The molecule has 4 rings (SSSR count). The van der Waals surface area contributed by atoms with Crippen LogP contribution in [0.5, 0.6) is 5.75 Å². The molecule has 3 aromatic rings. The predicted molar refractivity (Wildman–Crippen MR) is 99.3 cm³/mol. The molecule has 0 fully saturated rings. The molecule has 0 spiro atoms. The number of rotatable bonds is 5. The molecule has 1 amide bonds. The van der Waals surface area contributed by atoms with Crippen LogP contribution < -0.4 is 10.1 Å². The Bertz CT molecular complexity index is 851. The van der Waals surface area contributed by atoms with E-state index in [2.05, 4.69) is 10.3 Å². The van der Waals surface area contributed by atoms with Gasteiger partial charge in [-0.25, -0.2) is 4.98 Å². The van der Waals surface area contributed by atoms with Gasteiger partial charge in [0.25, 0.3) is 5.91 Å². The van der Waals surface area contributed by atoms with Crippen molar-refractivity contribution in [3.63, 3.8) is 0 Å². The van der Waals surface area contributed by atoms with Gasteiger partial charge in [0.15, 0.2) is 5.13 Å². The van der Waals surface area contributed by atoms with Gasteiger partial charge >= 0.3 is 0 Å². The molecular weight excluding hydrogens is 332 g/mol. The van der Waals surface area contributed by atoms with Gasteiger partial charge in [-0.1, -0.05) is 30.3 Å². The Kier molecular flexibility index (Phi) is 4.48. The fourth-order valence-electron chi connectivity index (χ4n) is 2.86. The third-order valence-corrected chi connectivity index (χ3v) is 5.25. The third kappa shape index (κ3) is 3.72. The minimum atomic E-state index is -0.137. The number of aromatic nitrogens is 1. The summed E-state index contributed by atoms with van der Waals surface area (Å²) in [4.78, 5) is 18.2. The van der Waals surface area contributed by atoms with Gasteiger partial charge in [-0.3, -0.25) is 10.1 Å². The van der Waals surface area contributed by atoms with Crippen LogP contribution in [-0.4, -0.2) is 10.9 Å². The molecule has 2 aromatic carbocycles. The molecule has 25 heavy (non-hydrogen) atoms. The second-order valence-electron chi connectivity index (χ2n) is 6.00. The van der Waals surface area contributed by atoms with Crippen LogP contribution in [0.15, 0.2) is 54.6 Å². The van der Waals surface area contributed by atoms with Crippen molar-refractivity contribution >= 4 is 22.4 Å². The van der Waals surface area contributed by atoms with Gasteiger partial charge in [0.05, 0.1) is 5.69 Å². The number of fused-ring (bicyclic) bond motifs is 1. The molecule has 0 radical (unpaired) electrons. The molecule has 0 saturated carbocycles. The van der Waals surface area contributed by atoms with Crippen LogP contribution in [0.3, 0.4) is 0 Å². The van der Waals surface area contributed by atoms with E-state index in [9.17, 15) is 4.79 Å². The topological polar surface area (TPSA) is 51.2 Å². The zero-order chi connectivity index (χ0) is 17.1. The van der Waals surface area contributed by atoms with Crippen LogP contribution in [-0.2, 0) is 19.4 Å². The predicted octanol–water partition coefficient (Wildman–Crippen LogP) is 4.46. The van der Waals surface area contributed by atoms with E-state index in [4.69, 9.17) is 4.74 Å². The van der Waals surface area contributed by atoms with Gasteiger partial charge < -0.3 is 4.74 Å². The van der Waals surface area contributed by atoms with Crippen molar-refractivity contribution in [1.82, 2.24) is 4.98 Å². The first-order valence-electron chi connectivity index (χ1n) is 8.35. The molecule has 0 atom stereocenters. The monoisotopic (exact) mass is 350 g/mol. The number of carbonyl (C=O) groups excluding carboxylic acids is 1. The number of hydrogen-bond donors (Lipinski definition) is 1. The highest BCUT2D eigenvalue weighted by Crippen LogP contribution is 2.30. The van der Waals surface area contributed by atoms with Gasteiger partial charge in [-0.05, 0) is 49.1 Å². The standard InChI is InChI=1S/C20H18N2O2S/c23-19(22-20-21-17-7-4-8-18(17)25-20)15-9-11-16(12-10-15)24-13-14-5-2-1-3-6-14/h1-3,5-6,9-12H,4,7-8,13H2,(H,21,22,23).